The van der Waals surface area contributed by atoms with Crippen LogP contribution >= 0.6 is 11.8 Å². The fourth-order valence-electron chi connectivity index (χ4n) is 5.18. The average Bonchev–Trinajstić information content (AvgIpc) is 3.53. The number of esters is 1. The lowest BCUT2D eigenvalue weighted by Crippen LogP contribution is -2.70. The number of nitrogens with zero attached hydrogens (tertiary/aromatic N) is 1. The van der Waals surface area contributed by atoms with Crippen LogP contribution in [-0.4, -0.2) is 39.9 Å². The van der Waals surface area contributed by atoms with Crippen LogP contribution in [0.15, 0.2) is 125 Å². The van der Waals surface area contributed by atoms with Gasteiger partial charge in [-0.05, 0) is 34.4 Å². The van der Waals surface area contributed by atoms with Crippen molar-refractivity contribution in [2.24, 2.45) is 0 Å². The standard InChI is InChI=1S/C33H28N2O5S/c36-27(19-22-11-4-1-5-12-22)34-28-31(37)35-29(25(21-41-32(28)35)20-26-17-10-18-39-26)33(38)40-30(23-13-6-2-7-14-23)24-15-8-3-9-16-24/h1-18,28,30,32H,19-21H2,(H,34,36). The third-order valence-electron chi connectivity index (χ3n) is 7.16. The maximum Gasteiger partial charge on any atom is 0.356 e. The summed E-state index contributed by atoms with van der Waals surface area (Å²) in [5, 5.41) is 2.48. The second kappa shape index (κ2) is 11.9. The molecule has 3 heterocycles. The summed E-state index contributed by atoms with van der Waals surface area (Å²) in [6.45, 7) is 0. The first-order chi connectivity index (χ1) is 20.1. The molecule has 0 radical (unpaired) electrons. The van der Waals surface area contributed by atoms with Gasteiger partial charge in [0.15, 0.2) is 6.10 Å². The lowest BCUT2D eigenvalue weighted by molar-refractivity contribution is -0.154. The van der Waals surface area contributed by atoms with Crippen molar-refractivity contribution in [3.63, 3.8) is 0 Å². The quantitative estimate of drug-likeness (QED) is 0.226. The van der Waals surface area contributed by atoms with Crippen LogP contribution in [0.25, 0.3) is 0 Å². The van der Waals surface area contributed by atoms with Gasteiger partial charge in [-0.3, -0.25) is 14.5 Å². The lowest BCUT2D eigenvalue weighted by Gasteiger charge is -2.49. The van der Waals surface area contributed by atoms with Gasteiger partial charge in [0, 0.05) is 12.2 Å². The summed E-state index contributed by atoms with van der Waals surface area (Å²) < 4.78 is 11.8. The largest absolute Gasteiger partial charge is 0.469 e. The molecule has 1 fully saturated rings. The Morgan fingerprint density at radius 3 is 2.15 bits per heavy atom. The number of carbonyl (C=O) groups is 3. The summed E-state index contributed by atoms with van der Waals surface area (Å²) in [5.74, 6) is 0.0251. The molecule has 7 nitrogen and oxygen atoms in total. The number of benzene rings is 3. The number of furan rings is 1. The molecule has 2 aliphatic heterocycles. The van der Waals surface area contributed by atoms with Crippen LogP contribution in [0.5, 0.6) is 0 Å². The molecule has 8 heteroatoms. The van der Waals surface area contributed by atoms with Crippen molar-refractivity contribution in [3.8, 4) is 0 Å². The number of rotatable bonds is 9. The highest BCUT2D eigenvalue weighted by molar-refractivity contribution is 8.00. The summed E-state index contributed by atoms with van der Waals surface area (Å²) in [5.41, 5.74) is 3.47. The zero-order chi connectivity index (χ0) is 28.2. The number of ether oxygens (including phenoxy) is 1. The van der Waals surface area contributed by atoms with Crippen LogP contribution in [0.3, 0.4) is 0 Å². The van der Waals surface area contributed by atoms with Crippen molar-refractivity contribution in [2.45, 2.75) is 30.4 Å². The molecule has 6 rings (SSSR count). The topological polar surface area (TPSA) is 88.9 Å². The van der Waals surface area contributed by atoms with Gasteiger partial charge in [0.25, 0.3) is 5.91 Å². The fourth-order valence-corrected chi connectivity index (χ4v) is 6.53. The molecule has 2 unspecified atom stereocenters. The molecule has 0 saturated carbocycles. The van der Waals surface area contributed by atoms with Crippen LogP contribution in [0.1, 0.15) is 28.6 Å². The second-order valence-corrected chi connectivity index (χ2v) is 11.0. The van der Waals surface area contributed by atoms with Gasteiger partial charge in [-0.25, -0.2) is 4.79 Å². The second-order valence-electron chi connectivity index (χ2n) is 9.93. The van der Waals surface area contributed by atoms with Gasteiger partial charge in [0.05, 0.1) is 12.7 Å². The zero-order valence-electron chi connectivity index (χ0n) is 22.1. The van der Waals surface area contributed by atoms with E-state index in [1.807, 2.05) is 97.1 Å². The molecule has 2 amide bonds. The molecule has 41 heavy (non-hydrogen) atoms. The molecule has 4 aromatic rings. The van der Waals surface area contributed by atoms with E-state index in [-0.39, 0.29) is 23.9 Å². The molecular weight excluding hydrogens is 536 g/mol. The van der Waals surface area contributed by atoms with Crippen LogP contribution in [0, 0.1) is 0 Å². The highest BCUT2D eigenvalue weighted by atomic mass is 32.2. The van der Waals surface area contributed by atoms with Crippen LogP contribution in [0.4, 0.5) is 0 Å². The van der Waals surface area contributed by atoms with E-state index in [1.165, 1.54) is 16.7 Å². The molecule has 2 atom stereocenters. The number of hydrogen-bond acceptors (Lipinski definition) is 6. The van der Waals surface area contributed by atoms with Crippen molar-refractivity contribution >= 4 is 29.5 Å². The highest BCUT2D eigenvalue weighted by Gasteiger charge is 2.54. The zero-order valence-corrected chi connectivity index (χ0v) is 23.0. The molecule has 0 spiro atoms. The van der Waals surface area contributed by atoms with Gasteiger partial charge >= 0.3 is 5.97 Å². The Morgan fingerprint density at radius 2 is 1.54 bits per heavy atom. The minimum atomic E-state index is -0.719. The van der Waals surface area contributed by atoms with E-state index in [2.05, 4.69) is 5.32 Å². The number of thioether (sulfide) groups is 1. The van der Waals surface area contributed by atoms with Gasteiger partial charge in [0.1, 0.15) is 22.9 Å². The van der Waals surface area contributed by atoms with E-state index >= 15 is 0 Å². The molecule has 1 aromatic heterocycles. The smallest absolute Gasteiger partial charge is 0.356 e. The lowest BCUT2D eigenvalue weighted by atomic mass is 9.99. The van der Waals surface area contributed by atoms with E-state index in [1.54, 1.807) is 12.3 Å². The predicted octanol–water partition coefficient (Wildman–Crippen LogP) is 5.05. The SMILES string of the molecule is O=C(Cc1ccccc1)NC1C(=O)N2C(C(=O)OC(c3ccccc3)c3ccccc3)=C(Cc3ccco3)CSC12. The summed E-state index contributed by atoms with van der Waals surface area (Å²) >= 11 is 1.52. The Morgan fingerprint density at radius 1 is 0.902 bits per heavy atom. The molecule has 206 valence electrons. The van der Waals surface area contributed by atoms with Gasteiger partial charge in [0.2, 0.25) is 5.91 Å². The molecule has 1 N–H and O–H groups in total. The Kier molecular flexibility index (Phi) is 7.73. The molecule has 0 aliphatic carbocycles. The third-order valence-corrected chi connectivity index (χ3v) is 8.50. The van der Waals surface area contributed by atoms with Crippen LogP contribution in [-0.2, 0) is 32.0 Å². The number of amides is 2. The summed E-state index contributed by atoms with van der Waals surface area (Å²) in [6.07, 6.45) is 1.47. The fraction of sp³-hybridized carbons (Fsp3) is 0.182. The normalized spacial score (nSPS) is 18.1. The molecular formula is C33H28N2O5S. The minimum absolute atomic E-state index is 0.173. The Labute approximate surface area is 242 Å². The predicted molar refractivity (Wildman–Crippen MR) is 155 cm³/mol. The number of nitrogens with one attached hydrogen (secondary N) is 1. The monoisotopic (exact) mass is 564 g/mol. The van der Waals surface area contributed by atoms with Crippen LogP contribution < -0.4 is 5.32 Å². The molecule has 2 aliphatic rings. The van der Waals surface area contributed by atoms with Crippen LogP contribution in [0.2, 0.25) is 0 Å². The third kappa shape index (κ3) is 5.69. The van der Waals surface area contributed by atoms with Gasteiger partial charge in [-0.1, -0.05) is 91.0 Å². The Hall–Kier alpha value is -4.56. The average molecular weight is 565 g/mol. The summed E-state index contributed by atoms with van der Waals surface area (Å²) in [4.78, 5) is 41.8. The van der Waals surface area contributed by atoms with Gasteiger partial charge < -0.3 is 14.5 Å². The first-order valence-electron chi connectivity index (χ1n) is 13.4. The number of fused-ring (bicyclic) bond motifs is 1. The summed E-state index contributed by atoms with van der Waals surface area (Å²) in [6, 6.07) is 31.4. The van der Waals surface area contributed by atoms with Crippen molar-refractivity contribution in [2.75, 3.05) is 5.75 Å². The molecule has 0 bridgehead atoms. The van der Waals surface area contributed by atoms with Crippen molar-refractivity contribution in [1.29, 1.82) is 0 Å². The number of β-lactam (4-membered cyclic amide) rings is 1. The first-order valence-corrected chi connectivity index (χ1v) is 14.5. The highest BCUT2D eigenvalue weighted by Crippen LogP contribution is 2.42. The maximum atomic E-state index is 14.0. The van der Waals surface area contributed by atoms with E-state index in [4.69, 9.17) is 9.15 Å². The molecule has 3 aromatic carbocycles. The number of hydrogen-bond donors (Lipinski definition) is 1. The maximum absolute atomic E-state index is 14.0. The van der Waals surface area contributed by atoms with Gasteiger partial charge in [-0.2, -0.15) is 0 Å². The first kappa shape index (κ1) is 26.7. The van der Waals surface area contributed by atoms with E-state index in [9.17, 15) is 14.4 Å². The van der Waals surface area contributed by atoms with Crippen molar-refractivity contribution in [3.05, 3.63) is 143 Å². The van der Waals surface area contributed by atoms with Gasteiger partial charge in [-0.15, -0.1) is 11.8 Å². The van der Waals surface area contributed by atoms with Crippen molar-refractivity contribution < 1.29 is 23.5 Å². The van der Waals surface area contributed by atoms with Crippen molar-refractivity contribution in [1.82, 2.24) is 10.2 Å². The van der Waals surface area contributed by atoms with E-state index in [0.717, 1.165) is 22.3 Å². The summed E-state index contributed by atoms with van der Waals surface area (Å²) in [7, 11) is 0. The van der Waals surface area contributed by atoms with E-state index < -0.39 is 23.5 Å². The minimum Gasteiger partial charge on any atom is -0.469 e. The molecule has 1 saturated heterocycles. The Balaban J connectivity index is 1.27. The van der Waals surface area contributed by atoms with E-state index in [0.29, 0.717) is 17.9 Å². The Bertz CT molecular complexity index is 1520. The number of carbonyl (C=O) groups excluding carboxylic acids is 3.